The molecule has 2 radical (unpaired) electrons. The summed E-state index contributed by atoms with van der Waals surface area (Å²) in [6.07, 6.45) is 0. The van der Waals surface area contributed by atoms with Gasteiger partial charge >= 0.3 is 73.5 Å². The van der Waals surface area contributed by atoms with Crippen LogP contribution in [0.15, 0.2) is 29.2 Å². The molecule has 0 aromatic heterocycles. The van der Waals surface area contributed by atoms with Gasteiger partial charge in [0.05, 0.1) is 0 Å². The predicted octanol–water partition coefficient (Wildman–Crippen LogP) is -0.273. The molecule has 3 nitrogen and oxygen atoms in total. The van der Waals surface area contributed by atoms with E-state index in [0.29, 0.717) is 0 Å². The molecule has 1 rings (SSSR count). The molecule has 0 spiro atoms. The second-order valence-corrected chi connectivity index (χ2v) is 4.48. The Hall–Kier alpha value is -0.312. The summed E-state index contributed by atoms with van der Waals surface area (Å²) in [6.45, 7) is 0. The SMILES string of the molecule is O=S(=O)(O)c1cccc([As])c1. The van der Waals surface area contributed by atoms with Crippen LogP contribution in [-0.4, -0.2) is 29.8 Å². The Balaban J connectivity index is 3.28. The van der Waals surface area contributed by atoms with Crippen molar-refractivity contribution >= 4 is 31.3 Å². The summed E-state index contributed by atoms with van der Waals surface area (Å²) in [6, 6.07) is 6.02. The molecule has 0 amide bonds. The molecule has 1 aromatic carbocycles. The maximum atomic E-state index is 10.5. The molecular weight excluding hydrogens is 227 g/mol. The van der Waals surface area contributed by atoms with Crippen molar-refractivity contribution in [1.29, 1.82) is 0 Å². The van der Waals surface area contributed by atoms with Crippen LogP contribution in [0.25, 0.3) is 0 Å². The van der Waals surface area contributed by atoms with Gasteiger partial charge in [0.1, 0.15) is 0 Å². The Bertz CT molecular complexity index is 358. The van der Waals surface area contributed by atoms with Crippen LogP contribution in [0, 0.1) is 0 Å². The van der Waals surface area contributed by atoms with Gasteiger partial charge in [-0.2, -0.15) is 0 Å². The van der Waals surface area contributed by atoms with E-state index in [2.05, 4.69) is 16.9 Å². The number of rotatable bonds is 1. The van der Waals surface area contributed by atoms with Crippen LogP contribution in [0.4, 0.5) is 0 Å². The van der Waals surface area contributed by atoms with Gasteiger partial charge in [-0.25, -0.2) is 0 Å². The number of hydrogen-bond acceptors (Lipinski definition) is 2. The Morgan fingerprint density at radius 1 is 1.36 bits per heavy atom. The molecule has 11 heavy (non-hydrogen) atoms. The molecule has 0 unspecified atom stereocenters. The topological polar surface area (TPSA) is 54.4 Å². The zero-order chi connectivity index (χ0) is 8.48. The van der Waals surface area contributed by atoms with Gasteiger partial charge in [0.15, 0.2) is 0 Å². The maximum absolute atomic E-state index is 10.5. The van der Waals surface area contributed by atoms with E-state index in [-0.39, 0.29) is 4.90 Å². The van der Waals surface area contributed by atoms with Crippen molar-refractivity contribution in [3.63, 3.8) is 0 Å². The predicted molar refractivity (Wildman–Crippen MR) is 41.6 cm³/mol. The molecule has 0 saturated heterocycles. The van der Waals surface area contributed by atoms with Crippen LogP contribution < -0.4 is 4.35 Å². The molecule has 1 N–H and O–H groups in total. The molecule has 0 aliphatic carbocycles. The van der Waals surface area contributed by atoms with Gasteiger partial charge in [-0.3, -0.25) is 0 Å². The van der Waals surface area contributed by atoms with Crippen LogP contribution in [0.2, 0.25) is 0 Å². The van der Waals surface area contributed by atoms with Crippen LogP contribution >= 0.6 is 0 Å². The third-order valence-electron chi connectivity index (χ3n) is 1.12. The van der Waals surface area contributed by atoms with Gasteiger partial charge in [0.25, 0.3) is 0 Å². The van der Waals surface area contributed by atoms with E-state index in [1.807, 2.05) is 0 Å². The van der Waals surface area contributed by atoms with Crippen molar-refractivity contribution in [2.45, 2.75) is 4.90 Å². The zero-order valence-corrected chi connectivity index (χ0v) is 8.12. The molecule has 0 atom stereocenters. The van der Waals surface area contributed by atoms with E-state index in [9.17, 15) is 8.42 Å². The quantitative estimate of drug-likeness (QED) is 0.535. The third kappa shape index (κ3) is 2.33. The molecule has 0 aliphatic rings. The Morgan fingerprint density at radius 2 is 2.00 bits per heavy atom. The van der Waals surface area contributed by atoms with Crippen molar-refractivity contribution in [3.8, 4) is 0 Å². The van der Waals surface area contributed by atoms with Crippen molar-refractivity contribution in [2.75, 3.05) is 0 Å². The zero-order valence-electron chi connectivity index (χ0n) is 5.43. The standard InChI is InChI=1S/C6H5AsO3S/c7-5-2-1-3-6(4-5)11(8,9)10/h1-4H,(H,8,9,10). The minimum atomic E-state index is -4.04. The van der Waals surface area contributed by atoms with Gasteiger partial charge in [0, 0.05) is 0 Å². The first-order valence-electron chi connectivity index (χ1n) is 2.77. The molecule has 0 fully saturated rings. The van der Waals surface area contributed by atoms with Gasteiger partial charge in [-0.1, -0.05) is 0 Å². The van der Waals surface area contributed by atoms with E-state index < -0.39 is 10.1 Å². The van der Waals surface area contributed by atoms with E-state index >= 15 is 0 Å². The Morgan fingerprint density at radius 3 is 2.36 bits per heavy atom. The molecular formula is C6H5AsO3S. The Labute approximate surface area is 73.7 Å². The fourth-order valence-electron chi connectivity index (χ4n) is 0.644. The van der Waals surface area contributed by atoms with E-state index in [4.69, 9.17) is 4.55 Å². The summed E-state index contributed by atoms with van der Waals surface area (Å²) < 4.78 is 30.4. The first-order chi connectivity index (χ1) is 5.00. The van der Waals surface area contributed by atoms with Gasteiger partial charge in [0.2, 0.25) is 0 Å². The summed E-state index contributed by atoms with van der Waals surface area (Å²) in [5, 5.41) is 0. The van der Waals surface area contributed by atoms with Crippen molar-refractivity contribution in [2.24, 2.45) is 0 Å². The second-order valence-electron chi connectivity index (χ2n) is 1.97. The first-order valence-corrected chi connectivity index (χ1v) is 5.14. The monoisotopic (exact) mass is 232 g/mol. The summed E-state index contributed by atoms with van der Waals surface area (Å²) in [5.41, 5.74) is 0. The average Bonchev–Trinajstić information content (AvgIpc) is 1.86. The van der Waals surface area contributed by atoms with Crippen LogP contribution in [0.3, 0.4) is 0 Å². The van der Waals surface area contributed by atoms with E-state index in [1.165, 1.54) is 12.1 Å². The van der Waals surface area contributed by atoms with Gasteiger partial charge < -0.3 is 0 Å². The Kier molecular flexibility index (Phi) is 2.37. The second kappa shape index (κ2) is 2.97. The summed E-state index contributed by atoms with van der Waals surface area (Å²) in [5.74, 6) is 0. The summed E-state index contributed by atoms with van der Waals surface area (Å²) in [4.78, 5) is -0.0735. The molecule has 0 heterocycles. The summed E-state index contributed by atoms with van der Waals surface area (Å²) in [7, 11) is -4.04. The number of hydrogen-bond donors (Lipinski definition) is 1. The average molecular weight is 232 g/mol. The van der Waals surface area contributed by atoms with Crippen LogP contribution in [0.5, 0.6) is 0 Å². The fraction of sp³-hybridized carbons (Fsp3) is 0. The van der Waals surface area contributed by atoms with Gasteiger partial charge in [-0.15, -0.1) is 0 Å². The third-order valence-corrected chi connectivity index (χ3v) is 2.55. The van der Waals surface area contributed by atoms with Crippen LogP contribution in [0.1, 0.15) is 0 Å². The minimum absolute atomic E-state index is 0.0735. The molecule has 0 bridgehead atoms. The molecule has 0 saturated carbocycles. The molecule has 0 aliphatic heterocycles. The molecule has 1 aromatic rings. The first kappa shape index (κ1) is 8.78. The van der Waals surface area contributed by atoms with Crippen LogP contribution in [-0.2, 0) is 10.1 Å². The van der Waals surface area contributed by atoms with Crippen molar-refractivity contribution in [3.05, 3.63) is 24.3 Å². The molecule has 5 heteroatoms. The van der Waals surface area contributed by atoms with E-state index in [1.54, 1.807) is 12.1 Å². The fourth-order valence-corrected chi connectivity index (χ4v) is 1.83. The summed E-state index contributed by atoms with van der Waals surface area (Å²) >= 11 is 2.20. The molecule has 58 valence electrons. The van der Waals surface area contributed by atoms with Gasteiger partial charge in [-0.05, 0) is 0 Å². The van der Waals surface area contributed by atoms with Crippen molar-refractivity contribution < 1.29 is 13.0 Å². The normalized spacial score (nSPS) is 11.5. The number of benzene rings is 1. The van der Waals surface area contributed by atoms with Crippen molar-refractivity contribution in [1.82, 2.24) is 0 Å². The van der Waals surface area contributed by atoms with E-state index in [0.717, 1.165) is 4.35 Å².